The summed E-state index contributed by atoms with van der Waals surface area (Å²) in [6.07, 6.45) is 9.34. The summed E-state index contributed by atoms with van der Waals surface area (Å²) in [5.41, 5.74) is 0. The zero-order chi connectivity index (χ0) is 20.4. The van der Waals surface area contributed by atoms with Gasteiger partial charge in [-0.2, -0.15) is 0 Å². The standard InChI is InChI=1S/C21H26ClN3O3S/c1-29(26,27)20-4-2-19(3-5-20)28-14-17-11-16(17)10-15-6-8-25(9-7-15)21-23-12-18(22)13-24-21/h2-5,12-13,15-17H,6-11,14H2,1H3/t16-,17+/m0/s1. The molecule has 1 aromatic heterocycles. The molecule has 29 heavy (non-hydrogen) atoms. The lowest BCUT2D eigenvalue weighted by atomic mass is 9.91. The minimum Gasteiger partial charge on any atom is -0.493 e. The molecule has 0 bridgehead atoms. The third kappa shape index (κ3) is 5.39. The Bertz CT molecular complexity index is 927. The fourth-order valence-corrected chi connectivity index (χ4v) is 4.78. The number of ether oxygens (including phenoxy) is 1. The van der Waals surface area contributed by atoms with Crippen molar-refractivity contribution in [1.29, 1.82) is 0 Å². The van der Waals surface area contributed by atoms with Gasteiger partial charge in [0, 0.05) is 19.3 Å². The van der Waals surface area contributed by atoms with Gasteiger partial charge in [0.25, 0.3) is 0 Å². The summed E-state index contributed by atoms with van der Waals surface area (Å²) in [5.74, 6) is 3.62. The molecule has 0 unspecified atom stereocenters. The van der Waals surface area contributed by atoms with Gasteiger partial charge in [0.05, 0.1) is 28.9 Å². The van der Waals surface area contributed by atoms with Crippen LogP contribution >= 0.6 is 11.6 Å². The highest BCUT2D eigenvalue weighted by Gasteiger charge is 2.39. The smallest absolute Gasteiger partial charge is 0.225 e. The fraction of sp³-hybridized carbons (Fsp3) is 0.524. The van der Waals surface area contributed by atoms with Crippen molar-refractivity contribution in [3.05, 3.63) is 41.7 Å². The quantitative estimate of drug-likeness (QED) is 0.657. The minimum atomic E-state index is -3.16. The number of aromatic nitrogens is 2. The van der Waals surface area contributed by atoms with Gasteiger partial charge in [0.15, 0.2) is 9.84 Å². The van der Waals surface area contributed by atoms with E-state index in [0.29, 0.717) is 22.4 Å². The van der Waals surface area contributed by atoms with Crippen molar-refractivity contribution in [2.75, 3.05) is 30.9 Å². The summed E-state index contributed by atoms with van der Waals surface area (Å²) >= 11 is 5.86. The van der Waals surface area contributed by atoms with Crippen molar-refractivity contribution in [1.82, 2.24) is 9.97 Å². The maximum atomic E-state index is 11.5. The number of halogens is 1. The van der Waals surface area contributed by atoms with E-state index in [1.54, 1.807) is 36.7 Å². The van der Waals surface area contributed by atoms with Crippen LogP contribution in [-0.4, -0.2) is 44.3 Å². The first-order valence-electron chi connectivity index (χ1n) is 10.0. The van der Waals surface area contributed by atoms with Crippen molar-refractivity contribution >= 4 is 27.4 Å². The number of hydrogen-bond acceptors (Lipinski definition) is 6. The molecule has 1 saturated carbocycles. The first kappa shape index (κ1) is 20.4. The molecule has 6 nitrogen and oxygen atoms in total. The highest BCUT2D eigenvalue weighted by atomic mass is 35.5. The summed E-state index contributed by atoms with van der Waals surface area (Å²) in [6, 6.07) is 6.69. The van der Waals surface area contributed by atoms with Crippen molar-refractivity contribution in [2.45, 2.75) is 30.6 Å². The molecule has 8 heteroatoms. The molecule has 0 amide bonds. The molecule has 4 rings (SSSR count). The summed E-state index contributed by atoms with van der Waals surface area (Å²) in [5, 5.41) is 0.567. The van der Waals surface area contributed by atoms with Gasteiger partial charge in [-0.05, 0) is 67.7 Å². The van der Waals surface area contributed by atoms with Crippen LogP contribution in [0.1, 0.15) is 25.7 Å². The molecule has 0 N–H and O–H groups in total. The number of rotatable bonds is 7. The Hall–Kier alpha value is -1.86. The predicted molar refractivity (Wildman–Crippen MR) is 113 cm³/mol. The third-order valence-corrected chi connectivity index (χ3v) is 7.25. The second kappa shape index (κ2) is 8.48. The highest BCUT2D eigenvalue weighted by molar-refractivity contribution is 7.90. The van der Waals surface area contributed by atoms with Gasteiger partial charge in [-0.1, -0.05) is 11.6 Å². The Balaban J connectivity index is 1.18. The Morgan fingerprint density at radius 3 is 2.38 bits per heavy atom. The van der Waals surface area contributed by atoms with Crippen molar-refractivity contribution in [3.8, 4) is 5.75 Å². The second-order valence-electron chi connectivity index (χ2n) is 8.18. The van der Waals surface area contributed by atoms with Crippen LogP contribution in [0.3, 0.4) is 0 Å². The summed E-state index contributed by atoms with van der Waals surface area (Å²) in [7, 11) is -3.16. The second-order valence-corrected chi connectivity index (χ2v) is 10.6. The molecule has 1 aromatic carbocycles. The molecule has 1 saturated heterocycles. The van der Waals surface area contributed by atoms with Gasteiger partial charge in [0.1, 0.15) is 5.75 Å². The number of benzene rings is 1. The van der Waals surface area contributed by atoms with E-state index in [0.717, 1.165) is 36.6 Å². The van der Waals surface area contributed by atoms with Gasteiger partial charge in [-0.15, -0.1) is 0 Å². The normalized spacial score (nSPS) is 22.5. The molecular formula is C21H26ClN3O3S. The number of nitrogens with zero attached hydrogens (tertiary/aromatic N) is 3. The van der Waals surface area contributed by atoms with E-state index in [1.807, 2.05) is 0 Å². The van der Waals surface area contributed by atoms with Gasteiger partial charge in [0.2, 0.25) is 5.95 Å². The highest BCUT2D eigenvalue weighted by Crippen LogP contribution is 2.45. The Morgan fingerprint density at radius 2 is 1.76 bits per heavy atom. The molecule has 1 aliphatic heterocycles. The van der Waals surface area contributed by atoms with E-state index < -0.39 is 9.84 Å². The molecule has 0 radical (unpaired) electrons. The first-order valence-corrected chi connectivity index (χ1v) is 12.3. The van der Waals surface area contributed by atoms with Crippen molar-refractivity contribution < 1.29 is 13.2 Å². The number of anilines is 1. The van der Waals surface area contributed by atoms with Crippen LogP contribution in [0.15, 0.2) is 41.6 Å². The largest absolute Gasteiger partial charge is 0.493 e. The number of hydrogen-bond donors (Lipinski definition) is 0. The predicted octanol–water partition coefficient (Wildman–Crippen LogP) is 3.86. The molecule has 2 fully saturated rings. The van der Waals surface area contributed by atoms with Gasteiger partial charge < -0.3 is 9.64 Å². The lowest BCUT2D eigenvalue weighted by Crippen LogP contribution is -2.35. The summed E-state index contributed by atoms with van der Waals surface area (Å²) in [4.78, 5) is 11.2. The molecule has 2 heterocycles. The van der Waals surface area contributed by atoms with Crippen LogP contribution in [0.5, 0.6) is 5.75 Å². The first-order chi connectivity index (χ1) is 13.9. The third-order valence-electron chi connectivity index (χ3n) is 5.93. The van der Waals surface area contributed by atoms with Crippen molar-refractivity contribution in [3.63, 3.8) is 0 Å². The Morgan fingerprint density at radius 1 is 1.10 bits per heavy atom. The van der Waals surface area contributed by atoms with Crippen LogP contribution < -0.4 is 9.64 Å². The summed E-state index contributed by atoms with van der Waals surface area (Å²) < 4.78 is 28.9. The maximum Gasteiger partial charge on any atom is 0.225 e. The molecule has 0 spiro atoms. The van der Waals surface area contributed by atoms with E-state index in [1.165, 1.54) is 31.9 Å². The zero-order valence-corrected chi connectivity index (χ0v) is 18.1. The van der Waals surface area contributed by atoms with Gasteiger partial charge in [-0.3, -0.25) is 0 Å². The van der Waals surface area contributed by atoms with Gasteiger partial charge in [-0.25, -0.2) is 18.4 Å². The van der Waals surface area contributed by atoms with Crippen LogP contribution in [0.25, 0.3) is 0 Å². The van der Waals surface area contributed by atoms with Crippen LogP contribution in [-0.2, 0) is 9.84 Å². The fourth-order valence-electron chi connectivity index (χ4n) is 4.06. The molecule has 1 aliphatic carbocycles. The molecule has 2 aromatic rings. The van der Waals surface area contributed by atoms with Crippen LogP contribution in [0.2, 0.25) is 5.02 Å². The number of piperidine rings is 1. The molecule has 2 atom stereocenters. The van der Waals surface area contributed by atoms with E-state index in [-0.39, 0.29) is 0 Å². The topological polar surface area (TPSA) is 72.4 Å². The van der Waals surface area contributed by atoms with E-state index >= 15 is 0 Å². The Labute approximate surface area is 177 Å². The van der Waals surface area contributed by atoms with Crippen LogP contribution in [0, 0.1) is 17.8 Å². The van der Waals surface area contributed by atoms with E-state index in [2.05, 4.69) is 14.9 Å². The average Bonchev–Trinajstić information content (AvgIpc) is 3.45. The summed E-state index contributed by atoms with van der Waals surface area (Å²) in [6.45, 7) is 2.69. The number of sulfone groups is 1. The van der Waals surface area contributed by atoms with E-state index in [4.69, 9.17) is 16.3 Å². The zero-order valence-electron chi connectivity index (χ0n) is 16.5. The average molecular weight is 436 g/mol. The minimum absolute atomic E-state index is 0.324. The van der Waals surface area contributed by atoms with Gasteiger partial charge >= 0.3 is 0 Å². The van der Waals surface area contributed by atoms with Crippen molar-refractivity contribution in [2.24, 2.45) is 17.8 Å². The monoisotopic (exact) mass is 435 g/mol. The van der Waals surface area contributed by atoms with Crippen LogP contribution in [0.4, 0.5) is 5.95 Å². The lowest BCUT2D eigenvalue weighted by Gasteiger charge is -2.32. The Kier molecular flexibility index (Phi) is 5.97. The molecular weight excluding hydrogens is 410 g/mol. The maximum absolute atomic E-state index is 11.5. The lowest BCUT2D eigenvalue weighted by molar-refractivity contribution is 0.279. The molecule has 156 valence electrons. The molecule has 2 aliphatic rings. The van der Waals surface area contributed by atoms with E-state index in [9.17, 15) is 8.42 Å². The SMILES string of the molecule is CS(=O)(=O)c1ccc(OC[C@H]2C[C@@H]2CC2CCN(c3ncc(Cl)cn3)CC2)cc1.